The van der Waals surface area contributed by atoms with E-state index < -0.39 is 5.41 Å². The van der Waals surface area contributed by atoms with Gasteiger partial charge >= 0.3 is 0 Å². The first-order valence-corrected chi connectivity index (χ1v) is 5.83. The first-order chi connectivity index (χ1) is 7.74. The van der Waals surface area contributed by atoms with Gasteiger partial charge in [0.1, 0.15) is 5.60 Å². The molecule has 0 amide bonds. The second kappa shape index (κ2) is 4.41. The van der Waals surface area contributed by atoms with Crippen molar-refractivity contribution in [2.24, 2.45) is 5.41 Å². The molecule has 0 aromatic rings. The topological polar surface area (TPSA) is 66.0 Å². The summed E-state index contributed by atoms with van der Waals surface area (Å²) in [4.78, 5) is 10.5. The summed E-state index contributed by atoms with van der Waals surface area (Å²) in [5, 5.41) is 17.9. The number of hydrogen-bond acceptors (Lipinski definition) is 4. The summed E-state index contributed by atoms with van der Waals surface area (Å²) in [6.45, 7) is 0.670. The fourth-order valence-corrected chi connectivity index (χ4v) is 2.66. The number of hydrogen-bond donors (Lipinski definition) is 0. The number of nitrogens with zero attached hydrogens (tertiary/aromatic N) is 2. The summed E-state index contributed by atoms with van der Waals surface area (Å²) >= 11 is 0. The molecular formula is C12H16N2O2. The van der Waals surface area contributed by atoms with Crippen molar-refractivity contribution in [3.05, 3.63) is 0 Å². The van der Waals surface area contributed by atoms with Gasteiger partial charge in [-0.15, -0.1) is 0 Å². The van der Waals surface area contributed by atoms with E-state index in [0.29, 0.717) is 13.0 Å². The molecular weight excluding hydrogens is 204 g/mol. The molecule has 16 heavy (non-hydrogen) atoms. The Balaban J connectivity index is 2.00. The van der Waals surface area contributed by atoms with Crippen LogP contribution >= 0.6 is 0 Å². The van der Waals surface area contributed by atoms with Crippen LogP contribution in [0.1, 0.15) is 44.9 Å². The molecule has 1 spiro atoms. The molecule has 2 rings (SSSR count). The van der Waals surface area contributed by atoms with Gasteiger partial charge in [-0.25, -0.2) is 9.78 Å². The van der Waals surface area contributed by atoms with E-state index in [1.807, 2.05) is 0 Å². The molecule has 1 heterocycles. The lowest BCUT2D eigenvalue weighted by atomic mass is 9.67. The molecule has 0 atom stereocenters. The molecule has 0 unspecified atom stereocenters. The van der Waals surface area contributed by atoms with Gasteiger partial charge in [0.05, 0.1) is 30.6 Å². The van der Waals surface area contributed by atoms with Crippen molar-refractivity contribution in [2.45, 2.75) is 50.5 Å². The van der Waals surface area contributed by atoms with E-state index in [4.69, 9.17) is 15.0 Å². The van der Waals surface area contributed by atoms with Crippen LogP contribution in [0.25, 0.3) is 0 Å². The minimum absolute atomic E-state index is 0.173. The zero-order chi connectivity index (χ0) is 11.5. The zero-order valence-corrected chi connectivity index (χ0v) is 9.37. The predicted molar refractivity (Wildman–Crippen MR) is 55.7 cm³/mol. The summed E-state index contributed by atoms with van der Waals surface area (Å²) in [5.74, 6) is 0. The highest BCUT2D eigenvalue weighted by Crippen LogP contribution is 2.47. The summed E-state index contributed by atoms with van der Waals surface area (Å²) in [5.41, 5.74) is -0.616. The van der Waals surface area contributed by atoms with Crippen LogP contribution in [0.15, 0.2) is 0 Å². The van der Waals surface area contributed by atoms with Gasteiger partial charge in [0.25, 0.3) is 0 Å². The minimum Gasteiger partial charge on any atom is -0.236 e. The van der Waals surface area contributed by atoms with Gasteiger partial charge in [0.2, 0.25) is 0 Å². The number of rotatable bonds is 1. The van der Waals surface area contributed by atoms with Crippen LogP contribution in [-0.2, 0) is 9.78 Å². The third-order valence-corrected chi connectivity index (χ3v) is 3.87. The molecule has 1 aliphatic heterocycles. The minimum atomic E-state index is -0.444. The van der Waals surface area contributed by atoms with Crippen molar-refractivity contribution in [1.29, 1.82) is 10.5 Å². The van der Waals surface area contributed by atoms with E-state index in [2.05, 4.69) is 12.1 Å². The predicted octanol–water partition coefficient (Wildman–Crippen LogP) is 2.46. The normalized spacial score (nSPS) is 38.9. The molecule has 1 saturated heterocycles. The summed E-state index contributed by atoms with van der Waals surface area (Å²) in [7, 11) is 0. The average Bonchev–Trinajstić information content (AvgIpc) is 2.34. The summed E-state index contributed by atoms with van der Waals surface area (Å²) in [6, 6.07) is 4.45. The molecule has 86 valence electrons. The smallest absolute Gasteiger partial charge is 0.104 e. The summed E-state index contributed by atoms with van der Waals surface area (Å²) < 4.78 is 0. The van der Waals surface area contributed by atoms with Crippen molar-refractivity contribution >= 4 is 0 Å². The zero-order valence-electron chi connectivity index (χ0n) is 9.37. The van der Waals surface area contributed by atoms with E-state index in [1.165, 1.54) is 0 Å². The maximum atomic E-state index is 9.19. The van der Waals surface area contributed by atoms with Crippen LogP contribution in [0.4, 0.5) is 0 Å². The maximum absolute atomic E-state index is 9.19. The summed E-state index contributed by atoms with van der Waals surface area (Å²) in [6.07, 6.45) is 5.55. The lowest BCUT2D eigenvalue weighted by Gasteiger charge is -2.43. The van der Waals surface area contributed by atoms with Crippen molar-refractivity contribution in [3.8, 4) is 12.1 Å². The van der Waals surface area contributed by atoms with Crippen LogP contribution in [0.3, 0.4) is 0 Å². The van der Waals surface area contributed by atoms with Gasteiger partial charge in [0, 0.05) is 0 Å². The Morgan fingerprint density at radius 2 is 1.81 bits per heavy atom. The van der Waals surface area contributed by atoms with Gasteiger partial charge in [-0.1, -0.05) is 0 Å². The Labute approximate surface area is 95.7 Å². The van der Waals surface area contributed by atoms with Crippen LogP contribution in [-0.4, -0.2) is 12.2 Å². The largest absolute Gasteiger partial charge is 0.236 e. The standard InChI is InChI=1S/C12H16N2O2/c13-8-7-11(10-14)3-5-12(6-4-11)2-1-9-15-16-12/h1-7,9H2. The van der Waals surface area contributed by atoms with E-state index in [-0.39, 0.29) is 5.60 Å². The fraction of sp³-hybridized carbons (Fsp3) is 0.833. The van der Waals surface area contributed by atoms with Crippen molar-refractivity contribution in [3.63, 3.8) is 0 Å². The fourth-order valence-electron chi connectivity index (χ4n) is 2.66. The Kier molecular flexibility index (Phi) is 3.14. The molecule has 1 aliphatic carbocycles. The molecule has 0 aromatic heterocycles. The molecule has 2 fully saturated rings. The van der Waals surface area contributed by atoms with E-state index in [0.717, 1.165) is 38.5 Å². The van der Waals surface area contributed by atoms with Crippen molar-refractivity contribution < 1.29 is 9.78 Å². The first-order valence-electron chi connectivity index (χ1n) is 5.83. The van der Waals surface area contributed by atoms with E-state index in [1.54, 1.807) is 0 Å². The highest BCUT2D eigenvalue weighted by atomic mass is 17.2. The van der Waals surface area contributed by atoms with E-state index in [9.17, 15) is 5.26 Å². The van der Waals surface area contributed by atoms with Gasteiger partial charge in [-0.3, -0.25) is 0 Å². The monoisotopic (exact) mass is 220 g/mol. The van der Waals surface area contributed by atoms with Gasteiger partial charge < -0.3 is 0 Å². The SMILES string of the molecule is N#CCC1(C#N)CCC2(CCCOO2)CC1. The second-order valence-corrected chi connectivity index (χ2v) is 4.92. The van der Waals surface area contributed by atoms with Crippen LogP contribution in [0.5, 0.6) is 0 Å². The highest BCUT2D eigenvalue weighted by molar-refractivity contribution is 5.08. The Morgan fingerprint density at radius 3 is 2.31 bits per heavy atom. The number of nitriles is 2. The lowest BCUT2D eigenvalue weighted by Crippen LogP contribution is -2.43. The third-order valence-electron chi connectivity index (χ3n) is 3.87. The molecule has 4 heteroatoms. The van der Waals surface area contributed by atoms with Crippen LogP contribution in [0, 0.1) is 28.1 Å². The molecule has 2 aliphatic rings. The van der Waals surface area contributed by atoms with E-state index >= 15 is 0 Å². The average molecular weight is 220 g/mol. The Hall–Kier alpha value is -1.10. The maximum Gasteiger partial charge on any atom is 0.104 e. The molecule has 0 aromatic carbocycles. The molecule has 0 radical (unpaired) electrons. The van der Waals surface area contributed by atoms with Gasteiger partial charge in [-0.05, 0) is 38.5 Å². The lowest BCUT2D eigenvalue weighted by molar-refractivity contribution is -0.391. The van der Waals surface area contributed by atoms with Crippen LogP contribution in [0.2, 0.25) is 0 Å². The van der Waals surface area contributed by atoms with Gasteiger partial charge in [-0.2, -0.15) is 10.5 Å². The van der Waals surface area contributed by atoms with Gasteiger partial charge in [0.15, 0.2) is 0 Å². The highest BCUT2D eigenvalue weighted by Gasteiger charge is 2.45. The quantitative estimate of drug-likeness (QED) is 0.637. The Morgan fingerprint density at radius 1 is 1.06 bits per heavy atom. The molecule has 4 nitrogen and oxygen atoms in total. The third kappa shape index (κ3) is 2.04. The second-order valence-electron chi connectivity index (χ2n) is 4.92. The van der Waals surface area contributed by atoms with Crippen molar-refractivity contribution in [2.75, 3.05) is 6.61 Å². The first kappa shape index (κ1) is 11.4. The molecule has 0 N–H and O–H groups in total. The molecule has 0 bridgehead atoms. The van der Waals surface area contributed by atoms with Crippen molar-refractivity contribution in [1.82, 2.24) is 0 Å². The van der Waals surface area contributed by atoms with Crippen LogP contribution < -0.4 is 0 Å². The Bertz CT molecular complexity index is 324. The molecule has 1 saturated carbocycles.